The quantitative estimate of drug-likeness (QED) is 0.471. The molecule has 0 saturated carbocycles. The van der Waals surface area contributed by atoms with Gasteiger partial charge >= 0.3 is 0 Å². The molecule has 0 unspecified atom stereocenters. The van der Waals surface area contributed by atoms with Crippen molar-refractivity contribution in [3.63, 3.8) is 0 Å². The molecule has 0 fully saturated rings. The zero-order valence-corrected chi connectivity index (χ0v) is 17.5. The topological polar surface area (TPSA) is 69.5 Å². The largest absolute Gasteiger partial charge is 0.454 e. The predicted octanol–water partition coefficient (Wildman–Crippen LogP) is 4.19. The Morgan fingerprint density at radius 3 is 2.81 bits per heavy atom. The second kappa shape index (κ2) is 7.92. The number of carbonyl (C=O) groups excluding carboxylic acids is 1. The zero-order chi connectivity index (χ0) is 21.4. The van der Waals surface area contributed by atoms with E-state index in [9.17, 15) is 4.79 Å². The van der Waals surface area contributed by atoms with Crippen LogP contribution in [-0.2, 0) is 20.1 Å². The summed E-state index contributed by atoms with van der Waals surface area (Å²) in [5.74, 6) is 1.22. The fraction of sp³-hybridized carbons (Fsp3) is 0.174. The summed E-state index contributed by atoms with van der Waals surface area (Å²) in [5, 5.41) is 5.83. The third-order valence-corrected chi connectivity index (χ3v) is 5.45. The lowest BCUT2D eigenvalue weighted by atomic mass is 10.1. The third-order valence-electron chi connectivity index (χ3n) is 5.13. The number of benzene rings is 2. The fourth-order valence-electron chi connectivity index (χ4n) is 3.62. The van der Waals surface area contributed by atoms with Crippen LogP contribution in [0.2, 0.25) is 5.02 Å². The van der Waals surface area contributed by atoms with Crippen molar-refractivity contribution in [1.29, 1.82) is 0 Å². The maximum atomic E-state index is 13.5. The highest BCUT2D eigenvalue weighted by Gasteiger charge is 2.22. The minimum Gasteiger partial charge on any atom is -0.454 e. The molecule has 1 aliphatic rings. The minimum absolute atomic E-state index is 0.155. The minimum atomic E-state index is -0.155. The molecule has 0 aliphatic carbocycles. The zero-order valence-electron chi connectivity index (χ0n) is 16.8. The van der Waals surface area contributed by atoms with E-state index in [1.807, 2.05) is 48.5 Å². The molecule has 0 radical (unpaired) electrons. The molecule has 0 atom stereocenters. The first-order valence-corrected chi connectivity index (χ1v) is 10.2. The SMILES string of the molecule is Cn1cc(Cl)c(CN(Cc2ccc3c(c2)OCO3)C(=O)c2cnc3ccccc3c2)n1. The molecule has 1 aliphatic heterocycles. The monoisotopic (exact) mass is 434 g/mol. The molecular weight excluding hydrogens is 416 g/mol. The number of hydrogen-bond acceptors (Lipinski definition) is 5. The predicted molar refractivity (Wildman–Crippen MR) is 116 cm³/mol. The van der Waals surface area contributed by atoms with Crippen LogP contribution in [0.15, 0.2) is 60.9 Å². The highest BCUT2D eigenvalue weighted by Crippen LogP contribution is 2.33. The first-order chi connectivity index (χ1) is 15.1. The number of fused-ring (bicyclic) bond motifs is 2. The number of nitrogens with zero attached hydrogens (tertiary/aromatic N) is 4. The van der Waals surface area contributed by atoms with Crippen molar-refractivity contribution in [2.45, 2.75) is 13.1 Å². The Bertz CT molecular complexity index is 1290. The second-order valence-corrected chi connectivity index (χ2v) is 7.77. The van der Waals surface area contributed by atoms with Gasteiger partial charge in [0.05, 0.1) is 22.6 Å². The summed E-state index contributed by atoms with van der Waals surface area (Å²) in [4.78, 5) is 19.6. The number of aromatic nitrogens is 3. The number of rotatable bonds is 5. The highest BCUT2D eigenvalue weighted by molar-refractivity contribution is 6.31. The van der Waals surface area contributed by atoms with Gasteiger partial charge in [0, 0.05) is 31.4 Å². The lowest BCUT2D eigenvalue weighted by Gasteiger charge is -2.22. The van der Waals surface area contributed by atoms with Crippen molar-refractivity contribution >= 4 is 28.4 Å². The standard InChI is InChI=1S/C23H19ClN4O3/c1-27-12-18(24)20(26-27)13-28(11-15-6-7-21-22(8-15)31-14-30-21)23(29)17-9-16-4-2-3-5-19(16)25-10-17/h2-10,12H,11,13-14H2,1H3. The number of halogens is 1. The van der Waals surface area contributed by atoms with Crippen LogP contribution in [0, 0.1) is 0 Å². The smallest absolute Gasteiger partial charge is 0.256 e. The van der Waals surface area contributed by atoms with Gasteiger partial charge in [0.1, 0.15) is 5.69 Å². The first kappa shape index (κ1) is 19.4. The number of para-hydroxylation sites is 1. The number of ether oxygens (including phenoxy) is 2. The van der Waals surface area contributed by atoms with E-state index in [1.54, 1.807) is 29.0 Å². The summed E-state index contributed by atoms with van der Waals surface area (Å²) in [5.41, 5.74) is 2.89. The average molecular weight is 435 g/mol. The van der Waals surface area contributed by atoms with Crippen LogP contribution in [0.4, 0.5) is 0 Å². The Kier molecular flexibility index (Phi) is 4.95. The number of amides is 1. The number of carbonyl (C=O) groups is 1. The van der Waals surface area contributed by atoms with Gasteiger partial charge in [0.15, 0.2) is 11.5 Å². The number of pyridine rings is 1. The van der Waals surface area contributed by atoms with Gasteiger partial charge in [0.2, 0.25) is 6.79 Å². The van der Waals surface area contributed by atoms with E-state index in [4.69, 9.17) is 21.1 Å². The number of hydrogen-bond donors (Lipinski definition) is 0. The Hall–Kier alpha value is -3.58. The van der Waals surface area contributed by atoms with E-state index >= 15 is 0 Å². The second-order valence-electron chi connectivity index (χ2n) is 7.36. The summed E-state index contributed by atoms with van der Waals surface area (Å²) in [6.45, 7) is 0.822. The summed E-state index contributed by atoms with van der Waals surface area (Å²) in [7, 11) is 1.80. The molecule has 0 N–H and O–H groups in total. The van der Waals surface area contributed by atoms with E-state index < -0.39 is 0 Å². The van der Waals surface area contributed by atoms with Gasteiger partial charge in [-0.1, -0.05) is 35.9 Å². The molecule has 156 valence electrons. The van der Waals surface area contributed by atoms with E-state index in [0.29, 0.717) is 34.3 Å². The van der Waals surface area contributed by atoms with Crippen LogP contribution in [0.25, 0.3) is 10.9 Å². The van der Waals surface area contributed by atoms with Crippen LogP contribution >= 0.6 is 11.6 Å². The number of aryl methyl sites for hydroxylation is 1. The Labute approximate surface area is 183 Å². The maximum absolute atomic E-state index is 13.5. The average Bonchev–Trinajstić information content (AvgIpc) is 3.37. The van der Waals surface area contributed by atoms with Gasteiger partial charge in [-0.25, -0.2) is 0 Å². The Balaban J connectivity index is 1.48. The molecule has 2 aromatic carbocycles. The van der Waals surface area contributed by atoms with Gasteiger partial charge in [0.25, 0.3) is 5.91 Å². The fourth-order valence-corrected chi connectivity index (χ4v) is 3.86. The molecule has 1 amide bonds. The van der Waals surface area contributed by atoms with Crippen molar-refractivity contribution in [1.82, 2.24) is 19.7 Å². The lowest BCUT2D eigenvalue weighted by Crippen LogP contribution is -2.30. The van der Waals surface area contributed by atoms with Crippen LogP contribution in [0.1, 0.15) is 21.6 Å². The summed E-state index contributed by atoms with van der Waals surface area (Å²) >= 11 is 6.33. The molecule has 4 aromatic rings. The summed E-state index contributed by atoms with van der Waals surface area (Å²) < 4.78 is 12.5. The van der Waals surface area contributed by atoms with E-state index in [-0.39, 0.29) is 19.2 Å². The molecule has 0 saturated heterocycles. The molecule has 8 heteroatoms. The van der Waals surface area contributed by atoms with E-state index in [1.165, 1.54) is 0 Å². The maximum Gasteiger partial charge on any atom is 0.256 e. The van der Waals surface area contributed by atoms with E-state index in [2.05, 4.69) is 10.1 Å². The molecule has 0 bridgehead atoms. The highest BCUT2D eigenvalue weighted by atomic mass is 35.5. The molecule has 5 rings (SSSR count). The van der Waals surface area contributed by atoms with Crippen LogP contribution < -0.4 is 9.47 Å². The molecule has 2 aromatic heterocycles. The molecule has 3 heterocycles. The Morgan fingerprint density at radius 1 is 1.13 bits per heavy atom. The Morgan fingerprint density at radius 2 is 1.97 bits per heavy atom. The molecule has 31 heavy (non-hydrogen) atoms. The first-order valence-electron chi connectivity index (χ1n) is 9.77. The summed E-state index contributed by atoms with van der Waals surface area (Å²) in [6.07, 6.45) is 3.33. The van der Waals surface area contributed by atoms with E-state index in [0.717, 1.165) is 16.5 Å². The summed E-state index contributed by atoms with van der Waals surface area (Å²) in [6, 6.07) is 15.2. The van der Waals surface area contributed by atoms with Gasteiger partial charge in [-0.05, 0) is 29.8 Å². The van der Waals surface area contributed by atoms with Crippen LogP contribution in [0.5, 0.6) is 11.5 Å². The van der Waals surface area contributed by atoms with Gasteiger partial charge in [-0.3, -0.25) is 14.5 Å². The van der Waals surface area contributed by atoms with Gasteiger partial charge in [-0.2, -0.15) is 5.10 Å². The molecule has 7 nitrogen and oxygen atoms in total. The molecular formula is C23H19ClN4O3. The lowest BCUT2D eigenvalue weighted by molar-refractivity contribution is 0.0727. The van der Waals surface area contributed by atoms with Crippen LogP contribution in [0.3, 0.4) is 0 Å². The van der Waals surface area contributed by atoms with Crippen molar-refractivity contribution in [3.05, 3.63) is 82.8 Å². The van der Waals surface area contributed by atoms with Gasteiger partial charge < -0.3 is 14.4 Å². The third kappa shape index (κ3) is 3.92. The van der Waals surface area contributed by atoms with Crippen molar-refractivity contribution in [3.8, 4) is 11.5 Å². The van der Waals surface area contributed by atoms with Crippen LogP contribution in [-0.4, -0.2) is 32.4 Å². The normalized spacial score (nSPS) is 12.3. The van der Waals surface area contributed by atoms with Crippen molar-refractivity contribution in [2.75, 3.05) is 6.79 Å². The van der Waals surface area contributed by atoms with Crippen molar-refractivity contribution < 1.29 is 14.3 Å². The van der Waals surface area contributed by atoms with Crippen molar-refractivity contribution in [2.24, 2.45) is 7.05 Å². The molecule has 0 spiro atoms. The van der Waals surface area contributed by atoms with Gasteiger partial charge in [-0.15, -0.1) is 0 Å².